The first-order chi connectivity index (χ1) is 15.5. The van der Waals surface area contributed by atoms with Crippen LogP contribution in [0.25, 0.3) is 21.8 Å². The van der Waals surface area contributed by atoms with Crippen LogP contribution < -0.4 is 4.72 Å². The van der Waals surface area contributed by atoms with Gasteiger partial charge in [0.1, 0.15) is 0 Å². The van der Waals surface area contributed by atoms with Gasteiger partial charge in [0.15, 0.2) is 0 Å². The zero-order valence-corrected chi connectivity index (χ0v) is 18.1. The first kappa shape index (κ1) is 19.9. The molecule has 5 nitrogen and oxygen atoms in total. The molecule has 2 heterocycles. The maximum Gasteiger partial charge on any atom is 0.261 e. The van der Waals surface area contributed by atoms with Gasteiger partial charge in [-0.15, -0.1) is 0 Å². The number of anilines is 1. The molecule has 0 amide bonds. The molecule has 0 unspecified atom stereocenters. The average Bonchev–Trinajstić information content (AvgIpc) is 3.11. The molecule has 32 heavy (non-hydrogen) atoms. The van der Waals surface area contributed by atoms with E-state index in [0.29, 0.717) is 11.3 Å². The van der Waals surface area contributed by atoms with Crippen molar-refractivity contribution in [3.8, 4) is 11.8 Å². The van der Waals surface area contributed by atoms with Gasteiger partial charge in [-0.25, -0.2) is 8.42 Å². The Hall–Kier alpha value is -4.08. The zero-order valence-electron chi connectivity index (χ0n) is 17.3. The second kappa shape index (κ2) is 7.88. The molecule has 0 saturated heterocycles. The summed E-state index contributed by atoms with van der Waals surface area (Å²) in [6.07, 6.45) is 3.35. The lowest BCUT2D eigenvalue weighted by molar-refractivity contribution is 0.601. The van der Waals surface area contributed by atoms with Crippen molar-refractivity contribution in [3.63, 3.8) is 0 Å². The molecular formula is C26H19N3O2S. The number of fused-ring (bicyclic) bond motifs is 3. The molecule has 2 aromatic heterocycles. The fraction of sp³-hybridized carbons (Fsp3) is 0.0385. The number of hydrogen-bond donors (Lipinski definition) is 1. The quantitative estimate of drug-likeness (QED) is 0.407. The molecule has 5 aromatic rings. The third kappa shape index (κ3) is 3.59. The highest BCUT2D eigenvalue weighted by Gasteiger charge is 2.18. The summed E-state index contributed by atoms with van der Waals surface area (Å²) in [5.41, 5.74) is 3.81. The van der Waals surface area contributed by atoms with Gasteiger partial charge in [-0.2, -0.15) is 0 Å². The highest BCUT2D eigenvalue weighted by molar-refractivity contribution is 7.92. The van der Waals surface area contributed by atoms with Crippen LogP contribution in [0, 0.1) is 11.8 Å². The number of aryl methyl sites for hydroxylation is 1. The van der Waals surface area contributed by atoms with Crippen LogP contribution in [-0.4, -0.2) is 18.0 Å². The van der Waals surface area contributed by atoms with Crippen molar-refractivity contribution in [2.45, 2.75) is 4.90 Å². The van der Waals surface area contributed by atoms with E-state index in [1.165, 1.54) is 0 Å². The number of rotatable bonds is 3. The summed E-state index contributed by atoms with van der Waals surface area (Å²) >= 11 is 0. The van der Waals surface area contributed by atoms with Crippen molar-refractivity contribution in [1.29, 1.82) is 0 Å². The molecule has 3 aromatic carbocycles. The largest absolute Gasteiger partial charge is 0.344 e. The van der Waals surface area contributed by atoms with Gasteiger partial charge in [-0.1, -0.05) is 42.2 Å². The van der Waals surface area contributed by atoms with Crippen LogP contribution in [0.1, 0.15) is 11.1 Å². The van der Waals surface area contributed by atoms with Crippen LogP contribution in [0.15, 0.2) is 96.2 Å². The predicted molar refractivity (Wildman–Crippen MR) is 128 cm³/mol. The van der Waals surface area contributed by atoms with E-state index in [0.717, 1.165) is 27.4 Å². The number of aromatic nitrogens is 2. The number of para-hydroxylation sites is 2. The maximum atomic E-state index is 13.2. The Kier molecular flexibility index (Phi) is 4.89. The Morgan fingerprint density at radius 1 is 0.844 bits per heavy atom. The lowest BCUT2D eigenvalue weighted by atomic mass is 10.1. The lowest BCUT2D eigenvalue weighted by Gasteiger charge is -2.10. The summed E-state index contributed by atoms with van der Waals surface area (Å²) in [7, 11) is -1.83. The van der Waals surface area contributed by atoms with E-state index in [4.69, 9.17) is 0 Å². The van der Waals surface area contributed by atoms with Gasteiger partial charge in [0.05, 0.1) is 10.6 Å². The molecular weight excluding hydrogens is 418 g/mol. The number of hydrogen-bond acceptors (Lipinski definition) is 3. The topological polar surface area (TPSA) is 64.0 Å². The van der Waals surface area contributed by atoms with Gasteiger partial charge in [0.25, 0.3) is 10.0 Å². The van der Waals surface area contributed by atoms with E-state index in [9.17, 15) is 8.42 Å². The minimum absolute atomic E-state index is 0.205. The van der Waals surface area contributed by atoms with Crippen molar-refractivity contribution in [3.05, 3.63) is 102 Å². The van der Waals surface area contributed by atoms with Crippen molar-refractivity contribution >= 4 is 37.5 Å². The lowest BCUT2D eigenvalue weighted by Crippen LogP contribution is -2.13. The monoisotopic (exact) mass is 437 g/mol. The van der Waals surface area contributed by atoms with Crippen molar-refractivity contribution < 1.29 is 8.42 Å². The smallest absolute Gasteiger partial charge is 0.261 e. The van der Waals surface area contributed by atoms with E-state index in [-0.39, 0.29) is 4.90 Å². The van der Waals surface area contributed by atoms with Gasteiger partial charge in [0.2, 0.25) is 0 Å². The summed E-state index contributed by atoms with van der Waals surface area (Å²) in [6.45, 7) is 0. The third-order valence-electron chi connectivity index (χ3n) is 5.37. The van der Waals surface area contributed by atoms with E-state index in [2.05, 4.69) is 26.1 Å². The Labute approximate surface area is 186 Å². The molecule has 0 atom stereocenters. The van der Waals surface area contributed by atoms with Crippen molar-refractivity contribution in [2.75, 3.05) is 4.72 Å². The van der Waals surface area contributed by atoms with Crippen LogP contribution >= 0.6 is 0 Å². The Bertz CT molecular complexity index is 1630. The SMILES string of the molecule is Cn1c2ccccc2c2cc(S(=O)(=O)Nc3ccccc3C#Cc3cccnc3)ccc21. The van der Waals surface area contributed by atoms with E-state index < -0.39 is 10.0 Å². The molecule has 0 spiro atoms. The van der Waals surface area contributed by atoms with Crippen LogP contribution in [0.3, 0.4) is 0 Å². The second-order valence-corrected chi connectivity index (χ2v) is 9.08. The van der Waals surface area contributed by atoms with Gasteiger partial charge >= 0.3 is 0 Å². The maximum absolute atomic E-state index is 13.2. The molecule has 0 bridgehead atoms. The molecule has 6 heteroatoms. The Balaban J connectivity index is 1.54. The number of benzene rings is 3. The average molecular weight is 438 g/mol. The number of pyridine rings is 1. The first-order valence-corrected chi connectivity index (χ1v) is 11.5. The minimum atomic E-state index is -3.81. The zero-order chi connectivity index (χ0) is 22.1. The van der Waals surface area contributed by atoms with Crippen LogP contribution in [0.5, 0.6) is 0 Å². The molecule has 5 rings (SSSR count). The first-order valence-electron chi connectivity index (χ1n) is 10.0. The van der Waals surface area contributed by atoms with E-state index >= 15 is 0 Å². The number of sulfonamides is 1. The Morgan fingerprint density at radius 3 is 2.47 bits per heavy atom. The summed E-state index contributed by atoms with van der Waals surface area (Å²) in [4.78, 5) is 4.26. The highest BCUT2D eigenvalue weighted by Crippen LogP contribution is 2.30. The van der Waals surface area contributed by atoms with E-state index in [1.807, 2.05) is 55.6 Å². The third-order valence-corrected chi connectivity index (χ3v) is 6.73. The van der Waals surface area contributed by atoms with Gasteiger partial charge in [-0.05, 0) is 48.5 Å². The van der Waals surface area contributed by atoms with Gasteiger partial charge < -0.3 is 4.57 Å². The Morgan fingerprint density at radius 2 is 1.62 bits per heavy atom. The van der Waals surface area contributed by atoms with Gasteiger partial charge in [-0.3, -0.25) is 9.71 Å². The number of nitrogens with zero attached hydrogens (tertiary/aromatic N) is 2. The predicted octanol–water partition coefficient (Wildman–Crippen LogP) is 4.93. The summed E-state index contributed by atoms with van der Waals surface area (Å²) in [5.74, 6) is 6.06. The summed E-state index contributed by atoms with van der Waals surface area (Å²) in [6, 6.07) is 23.9. The molecule has 0 saturated carbocycles. The van der Waals surface area contributed by atoms with Crippen LogP contribution in [0.4, 0.5) is 5.69 Å². The highest BCUT2D eigenvalue weighted by atomic mass is 32.2. The standard InChI is InChI=1S/C26H19N3O2S/c1-29-25-11-5-3-9-22(25)23-17-21(14-15-26(23)29)32(30,31)28-24-10-4-2-8-20(24)13-12-19-7-6-16-27-18-19/h2-11,14-18,28H,1H3. The number of nitrogens with one attached hydrogen (secondary N) is 1. The molecule has 0 fully saturated rings. The molecule has 0 aliphatic rings. The van der Waals surface area contributed by atoms with Crippen molar-refractivity contribution in [1.82, 2.24) is 9.55 Å². The van der Waals surface area contributed by atoms with Crippen molar-refractivity contribution in [2.24, 2.45) is 7.05 Å². The normalized spacial score (nSPS) is 11.3. The fourth-order valence-corrected chi connectivity index (χ4v) is 4.88. The summed E-state index contributed by atoms with van der Waals surface area (Å²) < 4.78 is 31.3. The molecule has 0 radical (unpaired) electrons. The molecule has 0 aliphatic heterocycles. The minimum Gasteiger partial charge on any atom is -0.344 e. The van der Waals surface area contributed by atoms with Crippen LogP contribution in [-0.2, 0) is 17.1 Å². The summed E-state index contributed by atoms with van der Waals surface area (Å²) in [5, 5.41) is 1.92. The molecule has 1 N–H and O–H groups in total. The fourth-order valence-electron chi connectivity index (χ4n) is 3.78. The molecule has 156 valence electrons. The second-order valence-electron chi connectivity index (χ2n) is 7.40. The van der Waals surface area contributed by atoms with E-state index in [1.54, 1.807) is 42.7 Å². The van der Waals surface area contributed by atoms with Gasteiger partial charge in [0, 0.05) is 52.4 Å². The molecule has 0 aliphatic carbocycles. The van der Waals surface area contributed by atoms with Crippen LogP contribution in [0.2, 0.25) is 0 Å².